The third kappa shape index (κ3) is 6.71. The van der Waals surface area contributed by atoms with Crippen LogP contribution in [0.25, 0.3) is 16.3 Å². The highest BCUT2D eigenvalue weighted by Gasteiger charge is 2.28. The number of anilines is 1. The first kappa shape index (κ1) is 24.6. The molecular formula is C21H20IN5O3S2. The van der Waals surface area contributed by atoms with Crippen molar-refractivity contribution in [1.29, 1.82) is 0 Å². The molecule has 0 aliphatic rings. The van der Waals surface area contributed by atoms with Gasteiger partial charge in [-0.3, -0.25) is 9.18 Å². The Morgan fingerprint density at radius 3 is 2.81 bits per heavy atom. The highest BCUT2D eigenvalue weighted by molar-refractivity contribution is 14.2. The molecule has 2 heterocycles. The molecule has 32 heavy (non-hydrogen) atoms. The Morgan fingerprint density at radius 2 is 2.12 bits per heavy atom. The van der Waals surface area contributed by atoms with Gasteiger partial charge >= 0.3 is 0 Å². The van der Waals surface area contributed by atoms with Gasteiger partial charge in [0.1, 0.15) is 23.1 Å². The highest BCUT2D eigenvalue weighted by atomic mass is 127. The van der Waals surface area contributed by atoms with Crippen LogP contribution in [0.15, 0.2) is 41.7 Å². The van der Waals surface area contributed by atoms with Gasteiger partial charge in [0.2, 0.25) is 5.79 Å². The molecule has 0 bridgehead atoms. The van der Waals surface area contributed by atoms with E-state index in [-0.39, 0.29) is 6.61 Å². The molecule has 0 aliphatic carbocycles. The predicted molar refractivity (Wildman–Crippen MR) is 140 cm³/mol. The number of rotatable bonds is 9. The second-order valence-electron chi connectivity index (χ2n) is 6.15. The lowest BCUT2D eigenvalue weighted by Gasteiger charge is -2.25. The first-order chi connectivity index (χ1) is 15.6. The average molecular weight is 581 g/mol. The van der Waals surface area contributed by atoms with Gasteiger partial charge in [-0.25, -0.2) is 15.0 Å². The van der Waals surface area contributed by atoms with E-state index in [0.717, 1.165) is 20.9 Å². The van der Waals surface area contributed by atoms with Crippen LogP contribution in [0.2, 0.25) is 0 Å². The molecule has 166 valence electrons. The van der Waals surface area contributed by atoms with E-state index >= 15 is 0 Å². The molecule has 3 rings (SSSR count). The van der Waals surface area contributed by atoms with Crippen LogP contribution in [0.4, 0.5) is 11.5 Å². The molecule has 0 unspecified atom stereocenters. The van der Waals surface area contributed by atoms with Crippen molar-refractivity contribution >= 4 is 75.8 Å². The van der Waals surface area contributed by atoms with Gasteiger partial charge in [0.15, 0.2) is 0 Å². The van der Waals surface area contributed by atoms with E-state index in [4.69, 9.17) is 13.7 Å². The summed E-state index contributed by atoms with van der Waals surface area (Å²) >= 11 is 3.59. The molecule has 8 nitrogen and oxygen atoms in total. The number of halogens is 1. The average Bonchev–Trinajstić information content (AvgIpc) is 3.25. The molecule has 3 aromatic rings. The molecule has 0 saturated heterocycles. The van der Waals surface area contributed by atoms with E-state index < -0.39 is 5.79 Å². The van der Waals surface area contributed by atoms with Crippen LogP contribution in [-0.2, 0) is 13.7 Å². The second-order valence-corrected chi connectivity index (χ2v) is 8.65. The minimum atomic E-state index is -1.05. The Balaban J connectivity index is 1.71. The zero-order valence-electron chi connectivity index (χ0n) is 17.5. The van der Waals surface area contributed by atoms with Crippen LogP contribution in [0.3, 0.4) is 0 Å². The van der Waals surface area contributed by atoms with Crippen molar-refractivity contribution < 1.29 is 13.7 Å². The van der Waals surface area contributed by atoms with Crippen molar-refractivity contribution in [3.05, 3.63) is 47.4 Å². The second kappa shape index (κ2) is 12.2. The van der Waals surface area contributed by atoms with Gasteiger partial charge < -0.3 is 14.8 Å². The molecule has 1 N–H and O–H groups in total. The lowest BCUT2D eigenvalue weighted by Crippen LogP contribution is -2.40. The standard InChI is InChI=1S/C21H20IN5O3S2/c1-23-19-12-24-16(11-25-19)6-4-5-7-20-27-17-9-8-15(10-18(17)31-20)26-13-21(28-2,29-3)14-30-32-22/h5,7-13H,14H2,1-3H3,(H,23,25)/b7-5+,26-13+. The monoisotopic (exact) mass is 581 g/mol. The Morgan fingerprint density at radius 1 is 1.28 bits per heavy atom. The van der Waals surface area contributed by atoms with Gasteiger partial charge in [-0.2, -0.15) is 0 Å². The summed E-state index contributed by atoms with van der Waals surface area (Å²) in [6.07, 6.45) is 8.49. The van der Waals surface area contributed by atoms with Crippen LogP contribution < -0.4 is 5.32 Å². The number of fused-ring (bicyclic) bond motifs is 1. The predicted octanol–water partition coefficient (Wildman–Crippen LogP) is 4.90. The zero-order chi connectivity index (χ0) is 22.8. The molecule has 0 amide bonds. The summed E-state index contributed by atoms with van der Waals surface area (Å²) < 4.78 is 17.3. The van der Waals surface area contributed by atoms with Gasteiger partial charge in [-0.1, -0.05) is 5.92 Å². The largest absolute Gasteiger partial charge is 0.372 e. The molecule has 0 radical (unpaired) electrons. The minimum Gasteiger partial charge on any atom is -0.372 e. The van der Waals surface area contributed by atoms with Crippen molar-refractivity contribution in [2.24, 2.45) is 4.99 Å². The topological polar surface area (TPSA) is 90.8 Å². The smallest absolute Gasteiger partial charge is 0.230 e. The van der Waals surface area contributed by atoms with E-state index in [1.165, 1.54) is 9.21 Å². The van der Waals surface area contributed by atoms with Gasteiger partial charge in [0.25, 0.3) is 0 Å². The van der Waals surface area contributed by atoms with Crippen molar-refractivity contribution in [2.75, 3.05) is 33.2 Å². The van der Waals surface area contributed by atoms with E-state index in [1.807, 2.05) is 45.5 Å². The van der Waals surface area contributed by atoms with Crippen molar-refractivity contribution in [3.63, 3.8) is 0 Å². The molecule has 0 saturated carbocycles. The Labute approximate surface area is 206 Å². The molecule has 11 heteroatoms. The number of methoxy groups -OCH3 is 2. The number of nitrogens with zero attached hydrogens (tertiary/aromatic N) is 4. The summed E-state index contributed by atoms with van der Waals surface area (Å²) in [4.78, 5) is 17.5. The third-order valence-corrected chi connectivity index (χ3v) is 6.17. The van der Waals surface area contributed by atoms with Gasteiger partial charge in [-0.05, 0) is 36.3 Å². The number of aliphatic imine (C=N–C) groups is 1. The molecule has 0 atom stereocenters. The van der Waals surface area contributed by atoms with Crippen molar-refractivity contribution in [1.82, 2.24) is 15.0 Å². The molecular weight excluding hydrogens is 561 g/mol. The zero-order valence-corrected chi connectivity index (χ0v) is 21.3. The summed E-state index contributed by atoms with van der Waals surface area (Å²) in [5.41, 5.74) is 2.26. The molecule has 2 aromatic heterocycles. The molecule has 0 aliphatic heterocycles. The van der Waals surface area contributed by atoms with Crippen LogP contribution in [0.5, 0.6) is 0 Å². The number of hydrogen-bond acceptors (Lipinski definition) is 10. The summed E-state index contributed by atoms with van der Waals surface area (Å²) in [5, 5.41) is 3.77. The summed E-state index contributed by atoms with van der Waals surface area (Å²) in [7, 11) is 6.10. The number of hydrogen-bond donors (Lipinski definition) is 1. The fraction of sp³-hybridized carbons (Fsp3) is 0.238. The Kier molecular flexibility index (Phi) is 9.39. The lowest BCUT2D eigenvalue weighted by molar-refractivity contribution is -0.165. The molecule has 0 spiro atoms. The molecule has 0 fully saturated rings. The maximum Gasteiger partial charge on any atom is 0.230 e. The summed E-state index contributed by atoms with van der Waals surface area (Å²) in [6.45, 7) is 0.209. The number of thiazole rings is 1. The SMILES string of the molecule is CNc1cnc(C#C/C=C/c2nc3ccc(/N=C/C(COSI)(OC)OC)cc3s2)cn1. The molecule has 1 aromatic carbocycles. The normalized spacial score (nSPS) is 11.9. The number of aromatic nitrogens is 3. The van der Waals surface area contributed by atoms with E-state index in [9.17, 15) is 0 Å². The number of benzene rings is 1. The summed E-state index contributed by atoms with van der Waals surface area (Å²) in [5.74, 6) is 5.56. The van der Waals surface area contributed by atoms with E-state index in [0.29, 0.717) is 11.5 Å². The fourth-order valence-corrected chi connectivity index (χ4v) is 3.95. The maximum atomic E-state index is 5.44. The first-order valence-corrected chi connectivity index (χ1v) is 13.4. The van der Waals surface area contributed by atoms with Gasteiger partial charge in [0.05, 0.1) is 43.7 Å². The van der Waals surface area contributed by atoms with Crippen LogP contribution in [0.1, 0.15) is 10.7 Å². The number of ether oxygens (including phenoxy) is 2. The number of nitrogens with one attached hydrogen (secondary N) is 1. The summed E-state index contributed by atoms with van der Waals surface area (Å²) in [6, 6.07) is 5.79. The van der Waals surface area contributed by atoms with Crippen molar-refractivity contribution in [2.45, 2.75) is 5.79 Å². The van der Waals surface area contributed by atoms with Crippen LogP contribution in [-0.4, -0.2) is 54.8 Å². The third-order valence-electron chi connectivity index (χ3n) is 4.21. The van der Waals surface area contributed by atoms with Crippen LogP contribution in [0, 0.1) is 11.8 Å². The maximum absolute atomic E-state index is 5.44. The van der Waals surface area contributed by atoms with Gasteiger partial charge in [0, 0.05) is 42.5 Å². The minimum absolute atomic E-state index is 0.209. The van der Waals surface area contributed by atoms with E-state index in [1.54, 1.807) is 57.3 Å². The Hall–Kier alpha value is -2.08. The van der Waals surface area contributed by atoms with E-state index in [2.05, 4.69) is 37.1 Å². The highest BCUT2D eigenvalue weighted by Crippen LogP contribution is 2.28. The first-order valence-electron chi connectivity index (χ1n) is 9.25. The van der Waals surface area contributed by atoms with Crippen molar-refractivity contribution in [3.8, 4) is 11.8 Å². The van der Waals surface area contributed by atoms with Crippen LogP contribution >= 0.6 is 41.8 Å². The fourth-order valence-electron chi connectivity index (χ4n) is 2.45. The lowest BCUT2D eigenvalue weighted by atomic mass is 10.3. The van der Waals surface area contributed by atoms with Gasteiger partial charge in [-0.15, -0.1) is 11.3 Å². The Bertz CT molecular complexity index is 1150. The number of allylic oxidation sites excluding steroid dienone is 1. The quantitative estimate of drug-likeness (QED) is 0.126.